The van der Waals surface area contributed by atoms with Crippen LogP contribution in [0.15, 0.2) is 47.6 Å². The van der Waals surface area contributed by atoms with Crippen molar-refractivity contribution in [2.45, 2.75) is 11.3 Å². The second kappa shape index (κ2) is 6.28. The number of aliphatic hydroxyl groups is 1. The van der Waals surface area contributed by atoms with E-state index in [2.05, 4.69) is 9.97 Å². The molecule has 1 aromatic heterocycles. The molecule has 0 fully saturated rings. The monoisotopic (exact) mass is 338 g/mol. The van der Waals surface area contributed by atoms with E-state index in [0.717, 1.165) is 21.8 Å². The summed E-state index contributed by atoms with van der Waals surface area (Å²) in [6.45, 7) is 0. The molecule has 1 heterocycles. The van der Waals surface area contributed by atoms with Gasteiger partial charge in [-0.3, -0.25) is 0 Å². The Hall–Kier alpha value is -1.20. The normalized spacial score (nSPS) is 12.7. The van der Waals surface area contributed by atoms with Crippen molar-refractivity contribution >= 4 is 46.0 Å². The Kier molecular flexibility index (Phi) is 4.40. The van der Waals surface area contributed by atoms with E-state index in [1.165, 1.54) is 11.8 Å². The SMILES string of the molecule is O[C@H](CSc1nc2ccccc2[nH]1)c1ccc(Cl)c(Cl)c1. The van der Waals surface area contributed by atoms with Gasteiger partial charge in [0.1, 0.15) is 0 Å². The number of aromatic nitrogens is 2. The van der Waals surface area contributed by atoms with E-state index in [1.807, 2.05) is 24.3 Å². The smallest absolute Gasteiger partial charge is 0.166 e. The van der Waals surface area contributed by atoms with Gasteiger partial charge in [-0.1, -0.05) is 53.2 Å². The molecule has 0 saturated carbocycles. The lowest BCUT2D eigenvalue weighted by molar-refractivity contribution is 0.204. The summed E-state index contributed by atoms with van der Waals surface area (Å²) in [5, 5.41) is 11.9. The van der Waals surface area contributed by atoms with Crippen LogP contribution < -0.4 is 0 Å². The molecule has 0 radical (unpaired) electrons. The molecule has 0 bridgehead atoms. The summed E-state index contributed by atoms with van der Waals surface area (Å²) in [6.07, 6.45) is -0.627. The van der Waals surface area contributed by atoms with Gasteiger partial charge in [0.05, 0.1) is 27.2 Å². The minimum absolute atomic E-state index is 0.446. The maximum absolute atomic E-state index is 10.2. The zero-order valence-electron chi connectivity index (χ0n) is 10.9. The average molecular weight is 339 g/mol. The van der Waals surface area contributed by atoms with Gasteiger partial charge in [0.15, 0.2) is 5.16 Å². The second-order valence-corrected chi connectivity index (χ2v) is 6.38. The first kappa shape index (κ1) is 14.7. The van der Waals surface area contributed by atoms with E-state index < -0.39 is 6.10 Å². The number of fused-ring (bicyclic) bond motifs is 1. The molecule has 0 aliphatic carbocycles. The molecule has 3 aromatic rings. The van der Waals surface area contributed by atoms with Gasteiger partial charge in [0.2, 0.25) is 0 Å². The number of aromatic amines is 1. The van der Waals surface area contributed by atoms with Gasteiger partial charge >= 0.3 is 0 Å². The number of H-pyrrole nitrogens is 1. The van der Waals surface area contributed by atoms with E-state index in [1.54, 1.807) is 18.2 Å². The Morgan fingerprint density at radius 3 is 2.71 bits per heavy atom. The highest BCUT2D eigenvalue weighted by atomic mass is 35.5. The predicted octanol–water partition coefficient (Wildman–Crippen LogP) is 4.70. The fourth-order valence-corrected chi connectivity index (χ4v) is 3.13. The van der Waals surface area contributed by atoms with Crippen molar-refractivity contribution in [3.05, 3.63) is 58.1 Å². The Morgan fingerprint density at radius 2 is 1.95 bits per heavy atom. The van der Waals surface area contributed by atoms with Crippen molar-refractivity contribution in [2.24, 2.45) is 0 Å². The lowest BCUT2D eigenvalue weighted by Gasteiger charge is -2.10. The number of imidazole rings is 1. The Bertz CT molecular complexity index is 742. The molecule has 0 saturated heterocycles. The molecule has 0 aliphatic heterocycles. The Labute approximate surface area is 136 Å². The number of aliphatic hydroxyl groups excluding tert-OH is 1. The van der Waals surface area contributed by atoms with Crippen molar-refractivity contribution in [2.75, 3.05) is 5.75 Å². The molecule has 108 valence electrons. The Balaban J connectivity index is 1.70. The molecule has 0 spiro atoms. The quantitative estimate of drug-likeness (QED) is 0.678. The molecule has 0 unspecified atom stereocenters. The highest BCUT2D eigenvalue weighted by molar-refractivity contribution is 7.99. The average Bonchev–Trinajstić information content (AvgIpc) is 2.90. The first-order chi connectivity index (χ1) is 10.1. The van der Waals surface area contributed by atoms with Gasteiger partial charge in [0.25, 0.3) is 0 Å². The van der Waals surface area contributed by atoms with Crippen molar-refractivity contribution in [1.29, 1.82) is 0 Å². The summed E-state index contributed by atoms with van der Waals surface area (Å²) in [5.74, 6) is 0.484. The van der Waals surface area contributed by atoms with Crippen LogP contribution in [0.1, 0.15) is 11.7 Å². The molecule has 6 heteroatoms. The largest absolute Gasteiger partial charge is 0.388 e. The van der Waals surface area contributed by atoms with Crippen molar-refractivity contribution in [3.63, 3.8) is 0 Å². The van der Waals surface area contributed by atoms with Gasteiger partial charge in [-0.05, 0) is 29.8 Å². The number of thioether (sulfide) groups is 1. The standard InChI is InChI=1S/C15H12Cl2N2OS/c16-10-6-5-9(7-11(10)17)14(20)8-21-15-18-12-3-1-2-4-13(12)19-15/h1-7,14,20H,8H2,(H,18,19)/t14-/m1/s1. The maximum atomic E-state index is 10.2. The van der Waals surface area contributed by atoms with Crippen LogP contribution in [0.3, 0.4) is 0 Å². The molecule has 3 nitrogen and oxygen atoms in total. The number of nitrogens with zero attached hydrogens (tertiary/aromatic N) is 1. The van der Waals surface area contributed by atoms with E-state index in [9.17, 15) is 5.11 Å². The topological polar surface area (TPSA) is 48.9 Å². The molecular weight excluding hydrogens is 327 g/mol. The highest BCUT2D eigenvalue weighted by Crippen LogP contribution is 2.29. The number of rotatable bonds is 4. The number of hydrogen-bond acceptors (Lipinski definition) is 3. The van der Waals surface area contributed by atoms with Crippen LogP contribution in [0.5, 0.6) is 0 Å². The number of nitrogens with one attached hydrogen (secondary N) is 1. The fourth-order valence-electron chi connectivity index (χ4n) is 1.97. The molecule has 2 N–H and O–H groups in total. The van der Waals surface area contributed by atoms with Crippen LogP contribution in [-0.4, -0.2) is 20.8 Å². The predicted molar refractivity (Wildman–Crippen MR) is 88.2 cm³/mol. The van der Waals surface area contributed by atoms with Crippen LogP contribution in [-0.2, 0) is 0 Å². The number of para-hydroxylation sites is 2. The molecule has 0 aliphatic rings. The summed E-state index contributed by atoms with van der Waals surface area (Å²) >= 11 is 13.3. The van der Waals surface area contributed by atoms with Crippen molar-refractivity contribution in [1.82, 2.24) is 9.97 Å². The van der Waals surface area contributed by atoms with Crippen molar-refractivity contribution < 1.29 is 5.11 Å². The van der Waals surface area contributed by atoms with Crippen LogP contribution in [0.2, 0.25) is 10.0 Å². The first-order valence-electron chi connectivity index (χ1n) is 6.34. The van der Waals surface area contributed by atoms with Gasteiger partial charge in [-0.25, -0.2) is 4.98 Å². The number of benzene rings is 2. The van der Waals surface area contributed by atoms with Gasteiger partial charge in [-0.15, -0.1) is 0 Å². The lowest BCUT2D eigenvalue weighted by Crippen LogP contribution is -2.00. The second-order valence-electron chi connectivity index (χ2n) is 4.56. The zero-order valence-corrected chi connectivity index (χ0v) is 13.2. The number of halogens is 2. The fraction of sp³-hybridized carbons (Fsp3) is 0.133. The third-order valence-corrected chi connectivity index (χ3v) is 4.76. The lowest BCUT2D eigenvalue weighted by atomic mass is 10.1. The van der Waals surface area contributed by atoms with Gasteiger partial charge in [-0.2, -0.15) is 0 Å². The molecule has 3 rings (SSSR count). The van der Waals surface area contributed by atoms with Crippen LogP contribution in [0.25, 0.3) is 11.0 Å². The summed E-state index contributed by atoms with van der Waals surface area (Å²) in [4.78, 5) is 7.68. The minimum Gasteiger partial charge on any atom is -0.388 e. The molecule has 2 aromatic carbocycles. The van der Waals surface area contributed by atoms with Gasteiger partial charge < -0.3 is 10.1 Å². The molecule has 0 amide bonds. The van der Waals surface area contributed by atoms with Gasteiger partial charge in [0, 0.05) is 5.75 Å². The van der Waals surface area contributed by atoms with Crippen LogP contribution in [0.4, 0.5) is 0 Å². The Morgan fingerprint density at radius 1 is 1.14 bits per heavy atom. The maximum Gasteiger partial charge on any atom is 0.166 e. The molecule has 1 atom stereocenters. The van der Waals surface area contributed by atoms with Crippen molar-refractivity contribution in [3.8, 4) is 0 Å². The zero-order chi connectivity index (χ0) is 14.8. The van der Waals surface area contributed by atoms with Crippen LogP contribution in [0, 0.1) is 0 Å². The summed E-state index contributed by atoms with van der Waals surface area (Å²) in [7, 11) is 0. The third-order valence-electron chi connectivity index (χ3n) is 3.07. The van der Waals surface area contributed by atoms with Crippen LogP contribution >= 0.6 is 35.0 Å². The molecule has 21 heavy (non-hydrogen) atoms. The van der Waals surface area contributed by atoms with E-state index >= 15 is 0 Å². The first-order valence-corrected chi connectivity index (χ1v) is 8.08. The third kappa shape index (κ3) is 3.35. The summed E-state index contributed by atoms with van der Waals surface area (Å²) < 4.78 is 0. The number of hydrogen-bond donors (Lipinski definition) is 2. The highest BCUT2D eigenvalue weighted by Gasteiger charge is 2.11. The summed E-state index contributed by atoms with van der Waals surface area (Å²) in [5.41, 5.74) is 2.65. The minimum atomic E-state index is -0.627. The van der Waals surface area contributed by atoms with E-state index in [0.29, 0.717) is 15.8 Å². The summed E-state index contributed by atoms with van der Waals surface area (Å²) in [6, 6.07) is 13.0. The molecular formula is C15H12Cl2N2OS. The van der Waals surface area contributed by atoms with E-state index in [-0.39, 0.29) is 0 Å². The van der Waals surface area contributed by atoms with E-state index in [4.69, 9.17) is 23.2 Å².